The van der Waals surface area contributed by atoms with Crippen molar-refractivity contribution in [3.63, 3.8) is 0 Å². The molecule has 0 aliphatic carbocycles. The second-order valence-corrected chi connectivity index (χ2v) is 6.27. The summed E-state index contributed by atoms with van der Waals surface area (Å²) in [6.45, 7) is 2.83. The summed E-state index contributed by atoms with van der Waals surface area (Å²) in [4.78, 5) is 18.1. The average Bonchev–Trinajstić information content (AvgIpc) is 3.11. The molecule has 2 aromatic heterocycles. The maximum atomic E-state index is 5.86. The van der Waals surface area contributed by atoms with Crippen LogP contribution >= 0.6 is 0 Å². The lowest BCUT2D eigenvalue weighted by Gasteiger charge is -2.10. The molecule has 142 valence electrons. The number of fused-ring (bicyclic) bond motifs is 1. The van der Waals surface area contributed by atoms with Gasteiger partial charge in [0.2, 0.25) is 11.9 Å². The van der Waals surface area contributed by atoms with Crippen molar-refractivity contribution in [1.29, 1.82) is 0 Å². The number of para-hydroxylation sites is 1. The fourth-order valence-corrected chi connectivity index (χ4v) is 3.05. The zero-order valence-electron chi connectivity index (χ0n) is 15.8. The molecule has 4 rings (SSSR count). The summed E-state index contributed by atoms with van der Waals surface area (Å²) in [5.74, 6) is 1.53. The van der Waals surface area contributed by atoms with E-state index in [-0.39, 0.29) is 0 Å². The Hall–Kier alpha value is -3.52. The smallest absolute Gasteiger partial charge is 0.304 e. The summed E-state index contributed by atoms with van der Waals surface area (Å²) in [7, 11) is 1.57. The van der Waals surface area contributed by atoms with E-state index in [9.17, 15) is 0 Å². The second-order valence-electron chi connectivity index (χ2n) is 6.27. The molecule has 0 unspecified atom stereocenters. The highest BCUT2D eigenvalue weighted by Crippen LogP contribution is 2.27. The van der Waals surface area contributed by atoms with E-state index in [4.69, 9.17) is 10.5 Å². The van der Waals surface area contributed by atoms with Crippen LogP contribution in [-0.4, -0.2) is 31.6 Å². The van der Waals surface area contributed by atoms with Gasteiger partial charge >= 0.3 is 6.01 Å². The zero-order valence-corrected chi connectivity index (χ0v) is 15.8. The summed E-state index contributed by atoms with van der Waals surface area (Å²) in [5.41, 5.74) is 9.54. The summed E-state index contributed by atoms with van der Waals surface area (Å²) >= 11 is 0. The van der Waals surface area contributed by atoms with Crippen molar-refractivity contribution in [2.45, 2.75) is 20.0 Å². The first kappa shape index (κ1) is 17.9. The molecule has 0 bridgehead atoms. The number of hydrogen-bond donors (Lipinski definition) is 2. The molecule has 0 aliphatic heterocycles. The third-order valence-electron chi connectivity index (χ3n) is 4.37. The highest BCUT2D eigenvalue weighted by molar-refractivity contribution is 5.81. The molecule has 28 heavy (non-hydrogen) atoms. The minimum Gasteiger partial charge on any atom is -0.468 e. The number of aryl methyl sites for hydroxylation is 1. The van der Waals surface area contributed by atoms with E-state index >= 15 is 0 Å². The van der Waals surface area contributed by atoms with Crippen molar-refractivity contribution in [1.82, 2.24) is 24.5 Å². The van der Waals surface area contributed by atoms with Crippen molar-refractivity contribution >= 4 is 17.0 Å². The van der Waals surface area contributed by atoms with Crippen LogP contribution in [0.1, 0.15) is 17.0 Å². The first-order valence-corrected chi connectivity index (χ1v) is 8.95. The van der Waals surface area contributed by atoms with E-state index in [1.807, 2.05) is 55.5 Å². The Bertz CT molecular complexity index is 1110. The largest absolute Gasteiger partial charge is 0.468 e. The van der Waals surface area contributed by atoms with Gasteiger partial charge in [-0.15, -0.1) is 0 Å². The maximum Gasteiger partial charge on any atom is 0.304 e. The molecule has 8 heteroatoms. The molecule has 8 nitrogen and oxygen atoms in total. The van der Waals surface area contributed by atoms with E-state index in [1.165, 1.54) is 0 Å². The summed E-state index contributed by atoms with van der Waals surface area (Å²) < 4.78 is 7.26. The third-order valence-corrected chi connectivity index (χ3v) is 4.37. The molecule has 0 saturated carbocycles. The van der Waals surface area contributed by atoms with Crippen molar-refractivity contribution < 1.29 is 4.74 Å². The molecule has 2 heterocycles. The van der Waals surface area contributed by atoms with Gasteiger partial charge in [0.05, 0.1) is 18.1 Å². The molecular weight excluding hydrogens is 354 g/mol. The fraction of sp³-hybridized carbons (Fsp3) is 0.200. The van der Waals surface area contributed by atoms with Gasteiger partial charge in [0.1, 0.15) is 5.82 Å². The van der Waals surface area contributed by atoms with E-state index in [0.717, 1.165) is 22.2 Å². The Morgan fingerprint density at radius 2 is 1.82 bits per heavy atom. The summed E-state index contributed by atoms with van der Waals surface area (Å²) in [5, 5.41) is 3.26. The van der Waals surface area contributed by atoms with Crippen LogP contribution in [0, 0.1) is 6.92 Å². The van der Waals surface area contributed by atoms with E-state index in [1.54, 1.807) is 11.7 Å². The number of benzene rings is 2. The van der Waals surface area contributed by atoms with Gasteiger partial charge in [0, 0.05) is 13.1 Å². The predicted molar refractivity (Wildman–Crippen MR) is 107 cm³/mol. The van der Waals surface area contributed by atoms with Gasteiger partial charge in [-0.3, -0.25) is 0 Å². The summed E-state index contributed by atoms with van der Waals surface area (Å²) in [6, 6.07) is 16.3. The topological polar surface area (TPSA) is 104 Å². The van der Waals surface area contributed by atoms with Gasteiger partial charge in [-0.05, 0) is 24.1 Å². The highest BCUT2D eigenvalue weighted by atomic mass is 16.5. The standard InChI is InChI=1S/C20H21N7O/c1-13-23-18(22-12-14-7-4-3-5-8-14)26-19(24-13)27-16-10-6-9-15(11-21)17(16)25-20(27)28-2/h3-10H,11-12,21H2,1-2H3,(H,22,23,24,26). The molecule has 0 radical (unpaired) electrons. The SMILES string of the molecule is COc1nc2c(CN)cccc2n1-c1nc(C)nc(NCc2ccccc2)n1. The number of methoxy groups -OCH3 is 1. The van der Waals surface area contributed by atoms with Crippen molar-refractivity contribution in [3.8, 4) is 12.0 Å². The van der Waals surface area contributed by atoms with E-state index in [2.05, 4.69) is 25.3 Å². The van der Waals surface area contributed by atoms with E-state index in [0.29, 0.717) is 36.8 Å². The van der Waals surface area contributed by atoms with Crippen LogP contribution in [0.15, 0.2) is 48.5 Å². The number of nitrogens with zero attached hydrogens (tertiary/aromatic N) is 5. The number of hydrogen-bond acceptors (Lipinski definition) is 7. The number of nitrogens with one attached hydrogen (secondary N) is 1. The molecule has 3 N–H and O–H groups in total. The molecular formula is C20H21N7O. The van der Waals surface area contributed by atoms with Gasteiger partial charge in [-0.25, -0.2) is 4.57 Å². The molecule has 0 amide bonds. The molecule has 2 aromatic carbocycles. The Morgan fingerprint density at radius 3 is 2.57 bits per heavy atom. The Kier molecular flexibility index (Phi) is 4.86. The first-order chi connectivity index (χ1) is 13.7. The molecule has 0 aliphatic rings. The maximum absolute atomic E-state index is 5.86. The molecule has 0 spiro atoms. The lowest BCUT2D eigenvalue weighted by molar-refractivity contribution is 0.374. The number of imidazole rings is 1. The second kappa shape index (κ2) is 7.61. The van der Waals surface area contributed by atoms with Gasteiger partial charge < -0.3 is 15.8 Å². The normalized spacial score (nSPS) is 11.0. The minimum absolute atomic E-state index is 0.387. The Labute approximate surface area is 162 Å². The minimum atomic E-state index is 0.387. The van der Waals surface area contributed by atoms with Gasteiger partial charge in [-0.2, -0.15) is 19.9 Å². The number of anilines is 1. The average molecular weight is 375 g/mol. The summed E-state index contributed by atoms with van der Waals surface area (Å²) in [6.07, 6.45) is 0. The van der Waals surface area contributed by atoms with Crippen LogP contribution in [0.3, 0.4) is 0 Å². The lowest BCUT2D eigenvalue weighted by Crippen LogP contribution is -2.11. The number of ether oxygens (including phenoxy) is 1. The van der Waals surface area contributed by atoms with Crippen LogP contribution in [0.4, 0.5) is 5.95 Å². The quantitative estimate of drug-likeness (QED) is 0.534. The molecule has 4 aromatic rings. The van der Waals surface area contributed by atoms with Crippen molar-refractivity contribution in [2.75, 3.05) is 12.4 Å². The lowest BCUT2D eigenvalue weighted by atomic mass is 10.2. The van der Waals surface area contributed by atoms with Crippen LogP contribution in [-0.2, 0) is 13.1 Å². The van der Waals surface area contributed by atoms with Crippen LogP contribution in [0.25, 0.3) is 17.0 Å². The first-order valence-electron chi connectivity index (χ1n) is 8.95. The van der Waals surface area contributed by atoms with Gasteiger partial charge in [0.25, 0.3) is 0 Å². The van der Waals surface area contributed by atoms with Crippen LogP contribution < -0.4 is 15.8 Å². The number of rotatable bonds is 6. The van der Waals surface area contributed by atoms with Crippen LogP contribution in [0.2, 0.25) is 0 Å². The zero-order chi connectivity index (χ0) is 19.5. The Morgan fingerprint density at radius 1 is 1.00 bits per heavy atom. The van der Waals surface area contributed by atoms with Crippen molar-refractivity contribution in [2.24, 2.45) is 5.73 Å². The van der Waals surface area contributed by atoms with Crippen molar-refractivity contribution in [3.05, 3.63) is 65.5 Å². The monoisotopic (exact) mass is 375 g/mol. The number of aromatic nitrogens is 5. The fourth-order valence-electron chi connectivity index (χ4n) is 3.05. The van der Waals surface area contributed by atoms with Gasteiger partial charge in [-0.1, -0.05) is 42.5 Å². The number of nitrogens with two attached hydrogens (primary N) is 1. The Balaban J connectivity index is 1.76. The molecule has 0 saturated heterocycles. The molecule has 0 atom stereocenters. The highest BCUT2D eigenvalue weighted by Gasteiger charge is 2.18. The van der Waals surface area contributed by atoms with E-state index < -0.39 is 0 Å². The third kappa shape index (κ3) is 3.37. The predicted octanol–water partition coefficient (Wildman–Crippen LogP) is 2.60. The van der Waals surface area contributed by atoms with Crippen LogP contribution in [0.5, 0.6) is 6.01 Å². The molecule has 0 fully saturated rings. The van der Waals surface area contributed by atoms with Gasteiger partial charge in [0.15, 0.2) is 0 Å².